The van der Waals surface area contributed by atoms with Gasteiger partial charge in [0.2, 0.25) is 12.6 Å². The summed E-state index contributed by atoms with van der Waals surface area (Å²) in [5, 5.41) is 0. The fraction of sp³-hybridized carbons (Fsp3) is 0. The number of ether oxygens (including phenoxy) is 1. The van der Waals surface area contributed by atoms with Crippen molar-refractivity contribution < 1.29 is 4.74 Å². The van der Waals surface area contributed by atoms with E-state index in [9.17, 15) is 0 Å². The molecule has 0 bridgehead atoms. The van der Waals surface area contributed by atoms with Gasteiger partial charge >= 0.3 is 0 Å². The Balaban J connectivity index is 1.28. The highest BCUT2D eigenvalue weighted by atomic mass is 16.5. The van der Waals surface area contributed by atoms with Crippen molar-refractivity contribution in [3.05, 3.63) is 140 Å². The summed E-state index contributed by atoms with van der Waals surface area (Å²) < 4.78 is 6.13. The van der Waals surface area contributed by atoms with Gasteiger partial charge in [-0.15, -0.1) is 0 Å². The zero-order valence-electron chi connectivity index (χ0n) is 20.7. The van der Waals surface area contributed by atoms with Crippen LogP contribution in [-0.2, 0) is 0 Å². The minimum Gasteiger partial charge on any atom is -0.439 e. The van der Waals surface area contributed by atoms with Crippen molar-refractivity contribution in [3.8, 4) is 45.4 Å². The molecular weight excluding hydrogens is 463 g/mol. The van der Waals surface area contributed by atoms with Crippen molar-refractivity contribution >= 4 is 23.1 Å². The van der Waals surface area contributed by atoms with Gasteiger partial charge in [-0.2, -0.15) is 4.98 Å². The molecule has 4 heteroatoms. The van der Waals surface area contributed by atoms with Crippen LogP contribution in [0.4, 0.5) is 0 Å². The molecule has 1 aliphatic rings. The van der Waals surface area contributed by atoms with Crippen LogP contribution in [0.3, 0.4) is 0 Å². The molecule has 3 nitrogen and oxygen atoms in total. The average molecular weight is 486 g/mol. The largest absolute Gasteiger partial charge is 0.439 e. The summed E-state index contributed by atoms with van der Waals surface area (Å²) in [6.45, 7) is 0.213. The lowest BCUT2D eigenvalue weighted by Crippen LogP contribution is -2.48. The summed E-state index contributed by atoms with van der Waals surface area (Å²) in [5.41, 5.74) is 9.38. The normalized spacial score (nSPS) is 11.6. The molecule has 0 saturated carbocycles. The maximum absolute atomic E-state index is 6.13. The molecule has 5 aromatic carbocycles. The summed E-state index contributed by atoms with van der Waals surface area (Å²) >= 11 is 0. The molecule has 1 aromatic heterocycles. The van der Waals surface area contributed by atoms with Gasteiger partial charge in [0.05, 0.1) is 5.69 Å². The Morgan fingerprint density at radius 1 is 0.500 bits per heavy atom. The van der Waals surface area contributed by atoms with Gasteiger partial charge in [0, 0.05) is 17.2 Å². The number of hydrogen-bond acceptors (Lipinski definition) is 3. The van der Waals surface area contributed by atoms with Gasteiger partial charge in [-0.1, -0.05) is 138 Å². The van der Waals surface area contributed by atoms with Crippen LogP contribution in [-0.4, -0.2) is 16.7 Å². The third kappa shape index (κ3) is 4.06. The number of fused-ring (bicyclic) bond motifs is 3. The number of hydrogen-bond donors (Lipinski definition) is 0. The number of rotatable bonds is 5. The Hall–Kier alpha value is -4.96. The van der Waals surface area contributed by atoms with Gasteiger partial charge in [0.25, 0.3) is 0 Å². The standard InChI is InChI=1S/C34H23BN2O/c1-3-11-24(12-4-1)32-23-33(38-27-13-5-2-6-14-27)37-34(36-32)25-19-21-26(22-20-25)35-30-17-9-7-15-28(30)29-16-8-10-18-31(29)35/h1-23H. The second kappa shape index (κ2) is 9.49. The smallest absolute Gasteiger partial charge is 0.242 e. The molecule has 2 heterocycles. The van der Waals surface area contributed by atoms with Crippen LogP contribution >= 0.6 is 0 Å². The number of aromatic nitrogens is 2. The quantitative estimate of drug-likeness (QED) is 0.276. The monoisotopic (exact) mass is 486 g/mol. The van der Waals surface area contributed by atoms with E-state index in [1.165, 1.54) is 27.5 Å². The van der Waals surface area contributed by atoms with Gasteiger partial charge in [0.1, 0.15) is 5.75 Å². The van der Waals surface area contributed by atoms with Crippen LogP contribution < -0.4 is 21.1 Å². The van der Waals surface area contributed by atoms with Crippen LogP contribution in [0.25, 0.3) is 33.8 Å². The molecule has 0 radical (unpaired) electrons. The van der Waals surface area contributed by atoms with Crippen LogP contribution in [0.15, 0.2) is 140 Å². The van der Waals surface area contributed by atoms with Gasteiger partial charge in [0.15, 0.2) is 5.82 Å². The molecule has 38 heavy (non-hydrogen) atoms. The molecule has 1 aliphatic heterocycles. The Kier molecular flexibility index (Phi) is 5.56. The molecule has 0 saturated heterocycles. The molecule has 0 spiro atoms. The third-order valence-electron chi connectivity index (χ3n) is 7.07. The van der Waals surface area contributed by atoms with Crippen LogP contribution in [0.5, 0.6) is 11.6 Å². The van der Waals surface area contributed by atoms with E-state index in [0.717, 1.165) is 22.6 Å². The second-order valence-electron chi connectivity index (χ2n) is 9.43. The first-order chi connectivity index (χ1) is 18.8. The Morgan fingerprint density at radius 3 is 1.74 bits per heavy atom. The highest BCUT2D eigenvalue weighted by molar-refractivity contribution is 6.99. The second-order valence-corrected chi connectivity index (χ2v) is 9.43. The molecule has 0 unspecified atom stereocenters. The fourth-order valence-corrected chi connectivity index (χ4v) is 5.31. The lowest BCUT2D eigenvalue weighted by Gasteiger charge is -2.13. The van der Waals surface area contributed by atoms with Crippen LogP contribution in [0, 0.1) is 0 Å². The predicted octanol–water partition coefficient (Wildman–Crippen LogP) is 6.10. The van der Waals surface area contributed by atoms with Crippen molar-refractivity contribution in [2.24, 2.45) is 0 Å². The van der Waals surface area contributed by atoms with Crippen molar-refractivity contribution in [1.29, 1.82) is 0 Å². The molecule has 178 valence electrons. The Bertz CT molecular complexity index is 1690. The topological polar surface area (TPSA) is 35.0 Å². The van der Waals surface area contributed by atoms with Gasteiger partial charge in [-0.25, -0.2) is 4.98 Å². The summed E-state index contributed by atoms with van der Waals surface area (Å²) in [6.07, 6.45) is 0. The lowest BCUT2D eigenvalue weighted by molar-refractivity contribution is 0.462. The number of benzene rings is 5. The first-order valence-electron chi connectivity index (χ1n) is 12.8. The first kappa shape index (κ1) is 22.3. The van der Waals surface area contributed by atoms with Gasteiger partial charge < -0.3 is 4.74 Å². The average Bonchev–Trinajstić information content (AvgIpc) is 3.33. The van der Waals surface area contributed by atoms with Crippen molar-refractivity contribution in [2.45, 2.75) is 0 Å². The zero-order valence-corrected chi connectivity index (χ0v) is 20.7. The van der Waals surface area contributed by atoms with E-state index >= 15 is 0 Å². The summed E-state index contributed by atoms with van der Waals surface area (Å²) in [5.74, 6) is 1.89. The molecule has 0 atom stereocenters. The first-order valence-corrected chi connectivity index (χ1v) is 12.8. The maximum atomic E-state index is 6.13. The highest BCUT2D eigenvalue weighted by Gasteiger charge is 2.32. The molecule has 0 amide bonds. The molecule has 7 rings (SSSR count). The van der Waals surface area contributed by atoms with E-state index in [2.05, 4.69) is 84.9 Å². The predicted molar refractivity (Wildman–Crippen MR) is 156 cm³/mol. The van der Waals surface area contributed by atoms with Gasteiger partial charge in [-0.3, -0.25) is 0 Å². The van der Waals surface area contributed by atoms with E-state index in [1.54, 1.807) is 0 Å². The van der Waals surface area contributed by atoms with Gasteiger partial charge in [-0.05, 0) is 23.3 Å². The minimum absolute atomic E-state index is 0.213. The summed E-state index contributed by atoms with van der Waals surface area (Å²) in [4.78, 5) is 9.71. The Labute approximate surface area is 222 Å². The molecular formula is C34H23BN2O. The van der Waals surface area contributed by atoms with E-state index < -0.39 is 0 Å². The van der Waals surface area contributed by atoms with Crippen LogP contribution in [0.2, 0.25) is 0 Å². The number of nitrogens with zero attached hydrogens (tertiary/aromatic N) is 2. The van der Waals surface area contributed by atoms with E-state index in [1.807, 2.05) is 54.6 Å². The Morgan fingerprint density at radius 2 is 1.08 bits per heavy atom. The molecule has 6 aromatic rings. The van der Waals surface area contributed by atoms with Crippen LogP contribution in [0.1, 0.15) is 0 Å². The highest BCUT2D eigenvalue weighted by Crippen LogP contribution is 2.28. The van der Waals surface area contributed by atoms with E-state index in [0.29, 0.717) is 11.7 Å². The third-order valence-corrected chi connectivity index (χ3v) is 7.07. The molecule has 0 aliphatic carbocycles. The van der Waals surface area contributed by atoms with E-state index in [-0.39, 0.29) is 6.71 Å². The maximum Gasteiger partial charge on any atom is 0.242 e. The number of para-hydroxylation sites is 1. The van der Waals surface area contributed by atoms with Crippen molar-refractivity contribution in [2.75, 3.05) is 0 Å². The fourth-order valence-electron chi connectivity index (χ4n) is 5.31. The zero-order chi connectivity index (χ0) is 25.3. The minimum atomic E-state index is 0.213. The summed E-state index contributed by atoms with van der Waals surface area (Å²) in [6, 6.07) is 47.8. The van der Waals surface area contributed by atoms with E-state index in [4.69, 9.17) is 14.7 Å². The van der Waals surface area contributed by atoms with Crippen molar-refractivity contribution in [3.63, 3.8) is 0 Å². The molecule has 0 N–H and O–H groups in total. The SMILES string of the molecule is c1ccc(Oc2cc(-c3ccccc3)nc(-c3ccc(B4c5ccccc5-c5ccccc54)cc3)n2)cc1. The molecule has 0 fully saturated rings. The lowest BCUT2D eigenvalue weighted by atomic mass is 9.39. The van der Waals surface area contributed by atoms with Crippen molar-refractivity contribution in [1.82, 2.24) is 9.97 Å². The summed E-state index contributed by atoms with van der Waals surface area (Å²) in [7, 11) is 0.